The first-order valence-corrected chi connectivity index (χ1v) is 7.91. The first-order valence-electron chi connectivity index (χ1n) is 7.91. The second-order valence-corrected chi connectivity index (χ2v) is 6.14. The summed E-state index contributed by atoms with van der Waals surface area (Å²) in [5, 5.41) is 6.09. The van der Waals surface area contributed by atoms with Crippen molar-refractivity contribution >= 4 is 33.3 Å². The van der Waals surface area contributed by atoms with Crippen LogP contribution in [0.4, 0.5) is 5.69 Å². The van der Waals surface area contributed by atoms with Gasteiger partial charge in [0, 0.05) is 11.1 Å². The van der Waals surface area contributed by atoms with E-state index in [0.717, 1.165) is 38.6 Å². The van der Waals surface area contributed by atoms with Gasteiger partial charge in [0.2, 0.25) is 0 Å². The third-order valence-electron chi connectivity index (χ3n) is 4.13. The van der Waals surface area contributed by atoms with Gasteiger partial charge in [0.05, 0.1) is 0 Å². The monoisotopic (exact) mass is 315 g/mol. The molecule has 0 fully saturated rings. The predicted octanol–water partition coefficient (Wildman–Crippen LogP) is 5.46. The molecule has 0 unspecified atom stereocenters. The van der Waals surface area contributed by atoms with Gasteiger partial charge in [-0.05, 0) is 60.0 Å². The summed E-state index contributed by atoms with van der Waals surface area (Å²) in [4.78, 5) is 12.5. The van der Waals surface area contributed by atoms with Gasteiger partial charge in [-0.3, -0.25) is 4.79 Å². The molecule has 3 heteroatoms. The first kappa shape index (κ1) is 14.5. The highest BCUT2D eigenvalue weighted by Gasteiger charge is 2.14. The number of furan rings is 1. The standard InChI is InChI=1S/C21H17NO2/c1-13-9-14(2)11-16(10-13)22-21(23)20-12-18-17-6-4-3-5-15(17)7-8-19(18)24-20/h3-12H,1-2H3,(H,22,23). The number of nitrogens with one attached hydrogen (secondary N) is 1. The molecule has 0 bridgehead atoms. The van der Waals surface area contributed by atoms with Gasteiger partial charge in [0.25, 0.3) is 5.91 Å². The van der Waals surface area contributed by atoms with Crippen LogP contribution in [0.25, 0.3) is 21.7 Å². The Kier molecular flexibility index (Phi) is 3.35. The molecule has 4 aromatic rings. The summed E-state index contributed by atoms with van der Waals surface area (Å²) in [6.07, 6.45) is 0. The molecule has 0 aliphatic heterocycles. The van der Waals surface area contributed by atoms with Crippen molar-refractivity contribution < 1.29 is 9.21 Å². The molecular weight excluding hydrogens is 298 g/mol. The minimum atomic E-state index is -0.236. The summed E-state index contributed by atoms with van der Waals surface area (Å²) < 4.78 is 5.76. The zero-order valence-electron chi connectivity index (χ0n) is 13.6. The summed E-state index contributed by atoms with van der Waals surface area (Å²) in [7, 11) is 0. The van der Waals surface area contributed by atoms with Crippen molar-refractivity contribution in [3.8, 4) is 0 Å². The Morgan fingerprint density at radius 2 is 1.62 bits per heavy atom. The van der Waals surface area contributed by atoms with Crippen molar-refractivity contribution in [2.75, 3.05) is 5.32 Å². The largest absolute Gasteiger partial charge is 0.451 e. The molecule has 1 heterocycles. The molecule has 0 saturated heterocycles. The fraction of sp³-hybridized carbons (Fsp3) is 0.0952. The van der Waals surface area contributed by atoms with Gasteiger partial charge in [-0.2, -0.15) is 0 Å². The molecule has 1 N–H and O–H groups in total. The maximum atomic E-state index is 12.5. The Labute approximate surface area is 139 Å². The number of amides is 1. The highest BCUT2D eigenvalue weighted by molar-refractivity contribution is 6.10. The van der Waals surface area contributed by atoms with Crippen molar-refractivity contribution in [1.82, 2.24) is 0 Å². The van der Waals surface area contributed by atoms with E-state index in [0.29, 0.717) is 5.76 Å². The van der Waals surface area contributed by atoms with Gasteiger partial charge in [-0.25, -0.2) is 0 Å². The summed E-state index contributed by atoms with van der Waals surface area (Å²) >= 11 is 0. The molecule has 24 heavy (non-hydrogen) atoms. The Hall–Kier alpha value is -3.07. The van der Waals surface area contributed by atoms with Crippen molar-refractivity contribution in [2.24, 2.45) is 0 Å². The molecule has 1 aromatic heterocycles. The summed E-state index contributed by atoms with van der Waals surface area (Å²) in [6.45, 7) is 4.02. The molecule has 1 amide bonds. The average molecular weight is 315 g/mol. The quantitative estimate of drug-likeness (QED) is 0.534. The topological polar surface area (TPSA) is 42.2 Å². The number of hydrogen-bond acceptors (Lipinski definition) is 2. The van der Waals surface area contributed by atoms with E-state index in [9.17, 15) is 4.79 Å². The number of benzene rings is 3. The highest BCUT2D eigenvalue weighted by Crippen LogP contribution is 2.28. The van der Waals surface area contributed by atoms with Crippen LogP contribution in [0.2, 0.25) is 0 Å². The third-order valence-corrected chi connectivity index (χ3v) is 4.13. The SMILES string of the molecule is Cc1cc(C)cc(NC(=O)c2cc3c(ccc4ccccc43)o2)c1. The van der Waals surface area contributed by atoms with Crippen LogP contribution in [-0.4, -0.2) is 5.91 Å². The van der Waals surface area contributed by atoms with E-state index in [1.165, 1.54) is 0 Å². The van der Waals surface area contributed by atoms with Crippen LogP contribution in [0.5, 0.6) is 0 Å². The molecule has 118 valence electrons. The van der Waals surface area contributed by atoms with Crippen molar-refractivity contribution in [1.29, 1.82) is 0 Å². The van der Waals surface area contributed by atoms with E-state index in [4.69, 9.17) is 4.42 Å². The van der Waals surface area contributed by atoms with Gasteiger partial charge in [-0.1, -0.05) is 36.4 Å². The van der Waals surface area contributed by atoms with Crippen LogP contribution in [0.15, 0.2) is 65.1 Å². The van der Waals surface area contributed by atoms with E-state index in [-0.39, 0.29) is 5.91 Å². The Morgan fingerprint density at radius 1 is 0.875 bits per heavy atom. The zero-order valence-corrected chi connectivity index (χ0v) is 13.6. The second-order valence-electron chi connectivity index (χ2n) is 6.14. The molecule has 0 saturated carbocycles. The van der Waals surface area contributed by atoms with Gasteiger partial charge in [-0.15, -0.1) is 0 Å². The summed E-state index contributed by atoms with van der Waals surface area (Å²) in [5.41, 5.74) is 3.73. The molecular formula is C21H17NO2. The lowest BCUT2D eigenvalue weighted by atomic mass is 10.1. The van der Waals surface area contributed by atoms with E-state index in [1.807, 2.05) is 62.4 Å². The average Bonchev–Trinajstić information content (AvgIpc) is 2.98. The van der Waals surface area contributed by atoms with E-state index in [1.54, 1.807) is 0 Å². The number of carbonyl (C=O) groups excluding carboxylic acids is 1. The molecule has 0 radical (unpaired) electrons. The van der Waals surface area contributed by atoms with E-state index in [2.05, 4.69) is 17.4 Å². The lowest BCUT2D eigenvalue weighted by Gasteiger charge is -2.05. The second kappa shape index (κ2) is 5.53. The Morgan fingerprint density at radius 3 is 2.42 bits per heavy atom. The Balaban J connectivity index is 1.73. The lowest BCUT2D eigenvalue weighted by molar-refractivity contribution is 0.0998. The molecule has 0 spiro atoms. The molecule has 3 aromatic carbocycles. The van der Waals surface area contributed by atoms with Gasteiger partial charge in [0.15, 0.2) is 5.76 Å². The lowest BCUT2D eigenvalue weighted by Crippen LogP contribution is -2.11. The van der Waals surface area contributed by atoms with E-state index >= 15 is 0 Å². The molecule has 0 atom stereocenters. The summed E-state index contributed by atoms with van der Waals surface area (Å²) in [6, 6.07) is 19.8. The van der Waals surface area contributed by atoms with Crippen molar-refractivity contribution in [2.45, 2.75) is 13.8 Å². The van der Waals surface area contributed by atoms with Gasteiger partial charge >= 0.3 is 0 Å². The van der Waals surface area contributed by atoms with Crippen LogP contribution >= 0.6 is 0 Å². The smallest absolute Gasteiger partial charge is 0.291 e. The van der Waals surface area contributed by atoms with Crippen LogP contribution < -0.4 is 5.32 Å². The highest BCUT2D eigenvalue weighted by atomic mass is 16.3. The number of aryl methyl sites for hydroxylation is 2. The first-order chi connectivity index (χ1) is 11.6. The number of carbonyl (C=O) groups is 1. The maximum absolute atomic E-state index is 12.5. The minimum Gasteiger partial charge on any atom is -0.451 e. The van der Waals surface area contributed by atoms with E-state index < -0.39 is 0 Å². The summed E-state index contributed by atoms with van der Waals surface area (Å²) in [5.74, 6) is 0.0841. The fourth-order valence-corrected chi connectivity index (χ4v) is 3.14. The fourth-order valence-electron chi connectivity index (χ4n) is 3.14. The van der Waals surface area contributed by atoms with Crippen LogP contribution in [-0.2, 0) is 0 Å². The predicted molar refractivity (Wildman–Crippen MR) is 97.6 cm³/mol. The van der Waals surface area contributed by atoms with Gasteiger partial charge in [0.1, 0.15) is 5.58 Å². The van der Waals surface area contributed by atoms with Gasteiger partial charge < -0.3 is 9.73 Å². The van der Waals surface area contributed by atoms with Crippen LogP contribution in [0, 0.1) is 13.8 Å². The molecule has 4 rings (SSSR count). The molecule has 0 aliphatic rings. The van der Waals surface area contributed by atoms with Crippen LogP contribution in [0.3, 0.4) is 0 Å². The molecule has 3 nitrogen and oxygen atoms in total. The number of fused-ring (bicyclic) bond motifs is 3. The Bertz CT molecular complexity index is 1060. The van der Waals surface area contributed by atoms with Crippen molar-refractivity contribution in [3.63, 3.8) is 0 Å². The van der Waals surface area contributed by atoms with Crippen LogP contribution in [0.1, 0.15) is 21.7 Å². The number of rotatable bonds is 2. The third kappa shape index (κ3) is 2.54. The molecule has 0 aliphatic carbocycles. The van der Waals surface area contributed by atoms with Crippen molar-refractivity contribution in [3.05, 3.63) is 77.6 Å². The number of hydrogen-bond donors (Lipinski definition) is 1. The number of anilines is 1. The normalized spacial score (nSPS) is 11.1. The maximum Gasteiger partial charge on any atom is 0.291 e. The minimum absolute atomic E-state index is 0.236. The zero-order chi connectivity index (χ0) is 16.7.